The maximum atomic E-state index is 11.9. The Morgan fingerprint density at radius 1 is 0.889 bits per heavy atom. The molecule has 1 amide bonds. The number of carbonyl (C=O) groups excluding carboxylic acids is 2. The fourth-order valence-electron chi connectivity index (χ4n) is 3.13. The van der Waals surface area contributed by atoms with Crippen LogP contribution in [-0.4, -0.2) is 35.2 Å². The molecule has 198 valence electrons. The molecular formula is C29H40INO5. The van der Waals surface area contributed by atoms with E-state index in [0.717, 1.165) is 34.8 Å². The molecule has 0 aliphatic rings. The standard InChI is InChI=1S/C29H40INO5/c1-2-3-4-5-6-7-8-9-10-11-12-13-14-15-16-17-18-29(35)36-23-28(34)31-20-19-24-21-26(32)27(33)22-25(24)30/h5-6,8-9,11-12,14-15,21-22,32-33H,2-4,7,10,13,16-20,23H2,1H3,(H,31,34)/b6-5-,9-8-,12-11-,15-14-. The van der Waals surface area contributed by atoms with Crippen molar-refractivity contribution in [2.24, 2.45) is 0 Å². The fourth-order valence-corrected chi connectivity index (χ4v) is 3.85. The Balaban J connectivity index is 2.04. The molecule has 1 aromatic rings. The molecule has 0 spiro atoms. The number of phenols is 2. The minimum absolute atomic E-state index is 0.174. The van der Waals surface area contributed by atoms with E-state index in [2.05, 4.69) is 83.4 Å². The minimum atomic E-state index is -0.386. The van der Waals surface area contributed by atoms with Crippen molar-refractivity contribution in [2.45, 2.75) is 71.1 Å². The molecule has 0 unspecified atom stereocenters. The molecule has 1 aromatic carbocycles. The van der Waals surface area contributed by atoms with Gasteiger partial charge in [-0.2, -0.15) is 0 Å². The molecule has 1 rings (SSSR count). The van der Waals surface area contributed by atoms with Crippen LogP contribution >= 0.6 is 22.6 Å². The zero-order chi connectivity index (χ0) is 26.4. The van der Waals surface area contributed by atoms with Gasteiger partial charge in [-0.3, -0.25) is 9.59 Å². The van der Waals surface area contributed by atoms with E-state index in [9.17, 15) is 19.8 Å². The summed E-state index contributed by atoms with van der Waals surface area (Å²) < 4.78 is 5.81. The van der Waals surface area contributed by atoms with Crippen LogP contribution < -0.4 is 5.32 Å². The number of esters is 1. The van der Waals surface area contributed by atoms with Crippen molar-refractivity contribution < 1.29 is 24.5 Å². The van der Waals surface area contributed by atoms with E-state index in [1.807, 2.05) is 0 Å². The van der Waals surface area contributed by atoms with E-state index in [1.54, 1.807) is 0 Å². The van der Waals surface area contributed by atoms with Crippen LogP contribution in [-0.2, 0) is 20.7 Å². The van der Waals surface area contributed by atoms with Gasteiger partial charge in [0.15, 0.2) is 18.1 Å². The lowest BCUT2D eigenvalue weighted by Crippen LogP contribution is -2.30. The van der Waals surface area contributed by atoms with E-state index in [-0.39, 0.29) is 36.4 Å². The molecule has 7 heteroatoms. The molecule has 6 nitrogen and oxygen atoms in total. The van der Waals surface area contributed by atoms with Gasteiger partial charge in [0.2, 0.25) is 0 Å². The maximum absolute atomic E-state index is 11.9. The molecule has 36 heavy (non-hydrogen) atoms. The quantitative estimate of drug-likeness (QED) is 0.0569. The second kappa shape index (κ2) is 20.6. The topological polar surface area (TPSA) is 95.9 Å². The van der Waals surface area contributed by atoms with Gasteiger partial charge in [0.25, 0.3) is 5.91 Å². The highest BCUT2D eigenvalue weighted by Gasteiger charge is 2.09. The van der Waals surface area contributed by atoms with E-state index in [4.69, 9.17) is 4.74 Å². The van der Waals surface area contributed by atoms with Crippen molar-refractivity contribution >= 4 is 34.5 Å². The van der Waals surface area contributed by atoms with E-state index >= 15 is 0 Å². The van der Waals surface area contributed by atoms with Crippen LogP contribution in [0.2, 0.25) is 0 Å². The summed E-state index contributed by atoms with van der Waals surface area (Å²) in [6.07, 6.45) is 26.0. The second-order valence-corrected chi connectivity index (χ2v) is 9.48. The van der Waals surface area contributed by atoms with Gasteiger partial charge < -0.3 is 20.3 Å². The highest BCUT2D eigenvalue weighted by molar-refractivity contribution is 14.1. The first-order valence-electron chi connectivity index (χ1n) is 12.7. The number of amides is 1. The summed E-state index contributed by atoms with van der Waals surface area (Å²) in [5.41, 5.74) is 0.810. The molecule has 0 fully saturated rings. The third-order valence-corrected chi connectivity index (χ3v) is 6.19. The Hall–Kier alpha value is -2.55. The van der Waals surface area contributed by atoms with Crippen LogP contribution in [0.5, 0.6) is 11.5 Å². The van der Waals surface area contributed by atoms with Crippen LogP contribution in [0.25, 0.3) is 0 Å². The average molecular weight is 610 g/mol. The Bertz CT molecular complexity index is 905. The largest absolute Gasteiger partial charge is 0.504 e. The predicted molar refractivity (Wildman–Crippen MR) is 154 cm³/mol. The highest BCUT2D eigenvalue weighted by Crippen LogP contribution is 2.29. The third-order valence-electron chi connectivity index (χ3n) is 5.18. The number of nitrogens with one attached hydrogen (secondary N) is 1. The number of hydrogen-bond donors (Lipinski definition) is 3. The molecule has 0 aliphatic carbocycles. The van der Waals surface area contributed by atoms with Crippen molar-refractivity contribution in [1.29, 1.82) is 0 Å². The number of phenolic OH excluding ortho intramolecular Hbond substituents is 2. The number of halogens is 1. The summed E-state index contributed by atoms with van der Waals surface area (Å²) in [6.45, 7) is 2.24. The summed E-state index contributed by atoms with van der Waals surface area (Å²) in [7, 11) is 0. The van der Waals surface area contributed by atoms with Gasteiger partial charge in [-0.1, -0.05) is 68.4 Å². The lowest BCUT2D eigenvalue weighted by molar-refractivity contribution is -0.148. The molecule has 0 aromatic heterocycles. The van der Waals surface area contributed by atoms with E-state index in [0.29, 0.717) is 19.4 Å². The van der Waals surface area contributed by atoms with Crippen molar-refractivity contribution in [3.05, 3.63) is 69.9 Å². The molecule has 0 saturated carbocycles. The first-order chi connectivity index (χ1) is 17.4. The Morgan fingerprint density at radius 3 is 2.06 bits per heavy atom. The molecular weight excluding hydrogens is 569 g/mol. The number of unbranched alkanes of at least 4 members (excludes halogenated alkanes) is 3. The molecule has 0 saturated heterocycles. The van der Waals surface area contributed by atoms with E-state index < -0.39 is 0 Å². The number of hydrogen-bond acceptors (Lipinski definition) is 5. The van der Waals surface area contributed by atoms with Crippen molar-refractivity contribution in [1.82, 2.24) is 5.32 Å². The maximum Gasteiger partial charge on any atom is 0.306 e. The number of benzene rings is 1. The van der Waals surface area contributed by atoms with Crippen LogP contribution in [0.1, 0.15) is 70.3 Å². The Morgan fingerprint density at radius 2 is 1.44 bits per heavy atom. The molecule has 0 atom stereocenters. The van der Waals surface area contributed by atoms with Gasteiger partial charge in [-0.25, -0.2) is 0 Å². The number of rotatable bonds is 18. The van der Waals surface area contributed by atoms with Gasteiger partial charge in [0, 0.05) is 16.5 Å². The van der Waals surface area contributed by atoms with Gasteiger partial charge in [0.05, 0.1) is 0 Å². The fraction of sp³-hybridized carbons (Fsp3) is 0.448. The summed E-state index contributed by atoms with van der Waals surface area (Å²) >= 11 is 2.06. The van der Waals surface area contributed by atoms with Gasteiger partial charge in [-0.15, -0.1) is 0 Å². The zero-order valence-electron chi connectivity index (χ0n) is 21.3. The van der Waals surface area contributed by atoms with Crippen molar-refractivity contribution in [3.8, 4) is 11.5 Å². The molecule has 0 aliphatic heterocycles. The summed E-state index contributed by atoms with van der Waals surface area (Å²) in [6, 6.07) is 2.94. The van der Waals surface area contributed by atoms with Crippen LogP contribution in [0.4, 0.5) is 0 Å². The highest BCUT2D eigenvalue weighted by atomic mass is 127. The SMILES string of the molecule is CCCC/C=C\C/C=C\C/C=C\C/C=C\CCCC(=O)OCC(=O)NCCc1cc(O)c(O)cc1I. The first kappa shape index (κ1) is 31.5. The van der Waals surface area contributed by atoms with Crippen LogP contribution in [0.15, 0.2) is 60.7 Å². The number of allylic oxidation sites excluding steroid dienone is 8. The minimum Gasteiger partial charge on any atom is -0.504 e. The smallest absolute Gasteiger partial charge is 0.306 e. The summed E-state index contributed by atoms with van der Waals surface area (Å²) in [5.74, 6) is -1.12. The zero-order valence-corrected chi connectivity index (χ0v) is 23.4. The summed E-state index contributed by atoms with van der Waals surface area (Å²) in [4.78, 5) is 23.7. The number of aromatic hydroxyl groups is 2. The van der Waals surface area contributed by atoms with Crippen LogP contribution in [0.3, 0.4) is 0 Å². The molecule has 0 bridgehead atoms. The normalized spacial score (nSPS) is 11.8. The predicted octanol–water partition coefficient (Wildman–Crippen LogP) is 6.66. The van der Waals surface area contributed by atoms with Crippen molar-refractivity contribution in [3.63, 3.8) is 0 Å². The van der Waals surface area contributed by atoms with E-state index in [1.165, 1.54) is 31.4 Å². The van der Waals surface area contributed by atoms with Gasteiger partial charge >= 0.3 is 5.97 Å². The average Bonchev–Trinajstić information content (AvgIpc) is 2.85. The molecule has 0 radical (unpaired) electrons. The van der Waals surface area contributed by atoms with Gasteiger partial charge in [0.1, 0.15) is 0 Å². The van der Waals surface area contributed by atoms with Crippen molar-refractivity contribution in [2.75, 3.05) is 13.2 Å². The first-order valence-corrected chi connectivity index (χ1v) is 13.7. The lowest BCUT2D eigenvalue weighted by atomic mass is 10.1. The number of carbonyl (C=O) groups is 2. The Kier molecular flexibility index (Phi) is 18.0. The monoisotopic (exact) mass is 609 g/mol. The lowest BCUT2D eigenvalue weighted by Gasteiger charge is -2.09. The summed E-state index contributed by atoms with van der Waals surface area (Å²) in [5, 5.41) is 21.7. The number of ether oxygens (including phenoxy) is 1. The molecule has 0 heterocycles. The third kappa shape index (κ3) is 16.2. The van der Waals surface area contributed by atoms with Gasteiger partial charge in [-0.05, 0) is 85.2 Å². The molecule has 3 N–H and O–H groups in total. The second-order valence-electron chi connectivity index (χ2n) is 8.32. The van der Waals surface area contributed by atoms with Crippen LogP contribution in [0, 0.1) is 3.57 Å². The Labute approximate surface area is 229 Å².